The van der Waals surface area contributed by atoms with Crippen LogP contribution in [0.2, 0.25) is 5.02 Å². The Balaban J connectivity index is 1.75. The molecule has 1 aliphatic rings. The molecule has 24 heavy (non-hydrogen) atoms. The molecule has 0 bridgehead atoms. The van der Waals surface area contributed by atoms with E-state index in [1.165, 1.54) is 12.3 Å². The van der Waals surface area contributed by atoms with Gasteiger partial charge in [-0.25, -0.2) is 0 Å². The molecule has 3 rings (SSSR count). The fraction of sp³-hybridized carbons (Fsp3) is 0.353. The van der Waals surface area contributed by atoms with Crippen molar-refractivity contribution in [2.45, 2.75) is 25.7 Å². The van der Waals surface area contributed by atoms with E-state index < -0.39 is 5.97 Å². The maximum Gasteiger partial charge on any atom is 0.306 e. The van der Waals surface area contributed by atoms with Gasteiger partial charge in [0.25, 0.3) is 5.56 Å². The van der Waals surface area contributed by atoms with Gasteiger partial charge in [0.05, 0.1) is 16.6 Å². The van der Waals surface area contributed by atoms with Crippen LogP contribution in [0, 0.1) is 11.8 Å². The number of pyridine rings is 1. The van der Waals surface area contributed by atoms with E-state index in [-0.39, 0.29) is 23.3 Å². The van der Waals surface area contributed by atoms with E-state index in [1.807, 2.05) is 0 Å². The molecule has 0 radical (unpaired) electrons. The Bertz CT molecular complexity index is 853. The van der Waals surface area contributed by atoms with Crippen molar-refractivity contribution in [3.63, 3.8) is 0 Å². The van der Waals surface area contributed by atoms with Gasteiger partial charge in [0, 0.05) is 17.5 Å². The Kier molecular flexibility index (Phi) is 4.57. The molecule has 1 fully saturated rings. The summed E-state index contributed by atoms with van der Waals surface area (Å²) in [5, 5.41) is 13.3. The molecule has 3 N–H and O–H groups in total. The van der Waals surface area contributed by atoms with Gasteiger partial charge in [0.2, 0.25) is 5.91 Å². The van der Waals surface area contributed by atoms with E-state index in [4.69, 9.17) is 16.7 Å². The molecule has 1 heterocycles. The fourth-order valence-electron chi connectivity index (χ4n) is 3.14. The number of fused-ring (bicyclic) bond motifs is 1. The lowest BCUT2D eigenvalue weighted by molar-refractivity contribution is -0.143. The minimum atomic E-state index is -0.795. The summed E-state index contributed by atoms with van der Waals surface area (Å²) >= 11 is 6.18. The Morgan fingerprint density at radius 3 is 2.50 bits per heavy atom. The van der Waals surface area contributed by atoms with Crippen LogP contribution >= 0.6 is 11.6 Å². The second-order valence-corrected chi connectivity index (χ2v) is 6.51. The molecular formula is C17H17ClN2O4. The average Bonchev–Trinajstić information content (AvgIpc) is 2.56. The molecule has 1 aromatic heterocycles. The molecule has 126 valence electrons. The number of benzene rings is 1. The molecule has 1 aromatic carbocycles. The first kappa shape index (κ1) is 16.5. The predicted molar refractivity (Wildman–Crippen MR) is 91.3 cm³/mol. The van der Waals surface area contributed by atoms with E-state index in [0.29, 0.717) is 47.2 Å². The summed E-state index contributed by atoms with van der Waals surface area (Å²) < 4.78 is 0. The normalized spacial score (nSPS) is 20.7. The topological polar surface area (TPSA) is 99.3 Å². The Morgan fingerprint density at radius 2 is 1.83 bits per heavy atom. The molecular weight excluding hydrogens is 332 g/mol. The Hall–Kier alpha value is -2.34. The van der Waals surface area contributed by atoms with Crippen molar-refractivity contribution in [2.24, 2.45) is 11.8 Å². The van der Waals surface area contributed by atoms with Crippen molar-refractivity contribution in [3.8, 4) is 0 Å². The van der Waals surface area contributed by atoms with Gasteiger partial charge in [0.1, 0.15) is 0 Å². The largest absolute Gasteiger partial charge is 0.481 e. The minimum Gasteiger partial charge on any atom is -0.481 e. The molecule has 0 spiro atoms. The molecule has 0 saturated heterocycles. The van der Waals surface area contributed by atoms with Gasteiger partial charge >= 0.3 is 5.97 Å². The van der Waals surface area contributed by atoms with Crippen LogP contribution in [0.4, 0.5) is 5.69 Å². The third-order valence-corrected chi connectivity index (χ3v) is 4.88. The van der Waals surface area contributed by atoms with Gasteiger partial charge in [-0.3, -0.25) is 14.4 Å². The van der Waals surface area contributed by atoms with Crippen LogP contribution in [-0.2, 0) is 9.59 Å². The standard InChI is InChI=1S/C17H17ClN2O4/c18-13-8-12-11(5-6-19-16(12)22)7-14(13)20-15(21)9-1-3-10(4-2-9)17(23)24/h5-10H,1-4H2,(H,19,22)(H,20,21)(H,23,24). The number of H-pyrrole nitrogens is 1. The SMILES string of the molecule is O=C(O)C1CCC(C(=O)Nc2cc3cc[nH]c(=O)c3cc2Cl)CC1. The van der Waals surface area contributed by atoms with Gasteiger partial charge in [-0.1, -0.05) is 11.6 Å². The smallest absolute Gasteiger partial charge is 0.306 e. The van der Waals surface area contributed by atoms with Crippen LogP contribution in [-0.4, -0.2) is 22.0 Å². The number of aromatic amines is 1. The van der Waals surface area contributed by atoms with Gasteiger partial charge in [-0.15, -0.1) is 0 Å². The number of anilines is 1. The molecule has 0 unspecified atom stereocenters. The molecule has 1 aliphatic carbocycles. The lowest BCUT2D eigenvalue weighted by Crippen LogP contribution is -2.29. The number of aliphatic carboxylic acids is 1. The highest BCUT2D eigenvalue weighted by atomic mass is 35.5. The number of carboxylic acid groups (broad SMARTS) is 1. The van der Waals surface area contributed by atoms with E-state index in [2.05, 4.69) is 10.3 Å². The second-order valence-electron chi connectivity index (χ2n) is 6.10. The monoisotopic (exact) mass is 348 g/mol. The molecule has 6 nitrogen and oxygen atoms in total. The molecule has 7 heteroatoms. The number of halogens is 1. The van der Waals surface area contributed by atoms with Crippen molar-refractivity contribution < 1.29 is 14.7 Å². The number of carbonyl (C=O) groups is 2. The number of hydrogen-bond donors (Lipinski definition) is 3. The van der Waals surface area contributed by atoms with Crippen LogP contribution in [0.3, 0.4) is 0 Å². The summed E-state index contributed by atoms with van der Waals surface area (Å²) in [6.45, 7) is 0. The fourth-order valence-corrected chi connectivity index (χ4v) is 3.35. The zero-order valence-corrected chi connectivity index (χ0v) is 13.6. The quantitative estimate of drug-likeness (QED) is 0.793. The molecule has 0 atom stereocenters. The highest BCUT2D eigenvalue weighted by Crippen LogP contribution is 2.31. The zero-order chi connectivity index (χ0) is 17.3. The average molecular weight is 349 g/mol. The number of rotatable bonds is 3. The van der Waals surface area contributed by atoms with Crippen molar-refractivity contribution in [1.29, 1.82) is 0 Å². The lowest BCUT2D eigenvalue weighted by Gasteiger charge is -2.25. The third-order valence-electron chi connectivity index (χ3n) is 4.57. The van der Waals surface area contributed by atoms with Crippen molar-refractivity contribution in [1.82, 2.24) is 4.98 Å². The van der Waals surface area contributed by atoms with Crippen molar-refractivity contribution >= 4 is 39.9 Å². The van der Waals surface area contributed by atoms with E-state index >= 15 is 0 Å². The van der Waals surface area contributed by atoms with Crippen LogP contribution in [0.1, 0.15) is 25.7 Å². The summed E-state index contributed by atoms with van der Waals surface area (Å²) in [5.41, 5.74) is 0.222. The van der Waals surface area contributed by atoms with E-state index in [9.17, 15) is 14.4 Å². The molecule has 2 aromatic rings. The van der Waals surface area contributed by atoms with Crippen LogP contribution in [0.15, 0.2) is 29.2 Å². The number of carboxylic acids is 1. The highest BCUT2D eigenvalue weighted by molar-refractivity contribution is 6.34. The number of nitrogens with one attached hydrogen (secondary N) is 2. The summed E-state index contributed by atoms with van der Waals surface area (Å²) in [4.78, 5) is 37.7. The summed E-state index contributed by atoms with van der Waals surface area (Å²) in [5.74, 6) is -1.53. The summed E-state index contributed by atoms with van der Waals surface area (Å²) in [7, 11) is 0. The minimum absolute atomic E-state index is 0.162. The van der Waals surface area contributed by atoms with Crippen LogP contribution < -0.4 is 10.9 Å². The van der Waals surface area contributed by atoms with Crippen LogP contribution in [0.25, 0.3) is 10.8 Å². The Labute approximate surface area is 142 Å². The first-order chi connectivity index (χ1) is 11.5. The first-order valence-corrected chi connectivity index (χ1v) is 8.18. The molecule has 1 saturated carbocycles. The van der Waals surface area contributed by atoms with Crippen LogP contribution in [0.5, 0.6) is 0 Å². The first-order valence-electron chi connectivity index (χ1n) is 7.80. The number of aromatic nitrogens is 1. The van der Waals surface area contributed by atoms with E-state index in [0.717, 1.165) is 0 Å². The maximum absolute atomic E-state index is 12.4. The molecule has 1 amide bonds. The van der Waals surface area contributed by atoms with Crippen molar-refractivity contribution in [2.75, 3.05) is 5.32 Å². The predicted octanol–water partition coefficient (Wildman–Crippen LogP) is 3.01. The number of hydrogen-bond acceptors (Lipinski definition) is 3. The third kappa shape index (κ3) is 3.28. The van der Waals surface area contributed by atoms with E-state index in [1.54, 1.807) is 12.1 Å². The maximum atomic E-state index is 12.4. The summed E-state index contributed by atoms with van der Waals surface area (Å²) in [6, 6.07) is 4.95. The lowest BCUT2D eigenvalue weighted by atomic mass is 9.81. The Morgan fingerprint density at radius 1 is 1.17 bits per heavy atom. The van der Waals surface area contributed by atoms with Crippen molar-refractivity contribution in [3.05, 3.63) is 39.8 Å². The molecule has 0 aliphatic heterocycles. The van der Waals surface area contributed by atoms with Gasteiger partial charge in [-0.05, 0) is 49.3 Å². The van der Waals surface area contributed by atoms with Gasteiger partial charge in [-0.2, -0.15) is 0 Å². The highest BCUT2D eigenvalue weighted by Gasteiger charge is 2.30. The summed E-state index contributed by atoms with van der Waals surface area (Å²) in [6.07, 6.45) is 3.65. The number of carbonyl (C=O) groups excluding carboxylic acids is 1. The second kappa shape index (κ2) is 6.65. The zero-order valence-electron chi connectivity index (χ0n) is 12.8. The number of amides is 1. The van der Waals surface area contributed by atoms with Gasteiger partial charge in [0.15, 0.2) is 0 Å². The van der Waals surface area contributed by atoms with Gasteiger partial charge < -0.3 is 15.4 Å².